The highest BCUT2D eigenvalue weighted by molar-refractivity contribution is 6.28. The maximum Gasteiger partial charge on any atom is 0.226 e. The number of imidazole rings is 1. The number of halogens is 1. The highest BCUT2D eigenvalue weighted by Gasteiger charge is 2.18. The van der Waals surface area contributed by atoms with E-state index in [2.05, 4.69) is 73.1 Å². The largest absolute Gasteiger partial charge is 0.364 e. The van der Waals surface area contributed by atoms with Gasteiger partial charge in [-0.05, 0) is 43.1 Å². The van der Waals surface area contributed by atoms with Gasteiger partial charge >= 0.3 is 0 Å². The normalized spacial score (nSPS) is 12.1. The molecule has 1 aromatic carbocycles. The van der Waals surface area contributed by atoms with Crippen molar-refractivity contribution in [1.82, 2.24) is 29.3 Å². The van der Waals surface area contributed by atoms with Gasteiger partial charge in [-0.1, -0.05) is 39.0 Å². The molecule has 0 amide bonds. The number of aromatic nitrogens is 6. The molecule has 0 saturated carbocycles. The molecule has 0 fully saturated rings. The second kappa shape index (κ2) is 7.72. The van der Waals surface area contributed by atoms with E-state index in [0.717, 1.165) is 22.6 Å². The minimum absolute atomic E-state index is 0.00298. The van der Waals surface area contributed by atoms with Crippen molar-refractivity contribution in [2.24, 2.45) is 0 Å². The number of nitrogens with one attached hydrogen (secondary N) is 1. The lowest BCUT2D eigenvalue weighted by Gasteiger charge is -2.15. The van der Waals surface area contributed by atoms with E-state index in [1.807, 2.05) is 27.6 Å². The molecular weight excluding hydrogens is 398 g/mol. The SMILES string of the molecule is CC(C)n1cnc2c(NCc3ccccc3-n3ccc(C(C)(C)C)n3)nc(Cl)nc21. The Balaban J connectivity index is 1.65. The van der Waals surface area contributed by atoms with Crippen LogP contribution in [-0.2, 0) is 12.0 Å². The van der Waals surface area contributed by atoms with Crippen molar-refractivity contribution in [2.75, 3.05) is 5.32 Å². The summed E-state index contributed by atoms with van der Waals surface area (Å²) in [5.74, 6) is 0.620. The quantitative estimate of drug-likeness (QED) is 0.449. The van der Waals surface area contributed by atoms with Crippen LogP contribution >= 0.6 is 11.6 Å². The Morgan fingerprint density at radius 3 is 2.57 bits per heavy atom. The standard InChI is InChI=1S/C22H26ClN7/c1-14(2)29-13-25-18-19(26-21(23)27-20(18)29)24-12-15-8-6-7-9-16(15)30-11-10-17(28-30)22(3,4)5/h6-11,13-14H,12H2,1-5H3,(H,24,26,27). The number of para-hydroxylation sites is 1. The van der Waals surface area contributed by atoms with Crippen LogP contribution in [0.4, 0.5) is 5.82 Å². The van der Waals surface area contributed by atoms with Gasteiger partial charge < -0.3 is 9.88 Å². The highest BCUT2D eigenvalue weighted by Crippen LogP contribution is 2.25. The molecule has 1 N–H and O–H groups in total. The predicted octanol–water partition coefficient (Wildman–Crippen LogP) is 5.16. The Kier molecular flexibility index (Phi) is 5.24. The number of anilines is 1. The molecule has 3 heterocycles. The van der Waals surface area contributed by atoms with Crippen molar-refractivity contribution in [3.8, 4) is 5.69 Å². The van der Waals surface area contributed by atoms with Crippen molar-refractivity contribution >= 4 is 28.6 Å². The first kappa shape index (κ1) is 20.3. The van der Waals surface area contributed by atoms with Gasteiger partial charge in [0.2, 0.25) is 5.28 Å². The van der Waals surface area contributed by atoms with Gasteiger partial charge in [-0.25, -0.2) is 9.67 Å². The summed E-state index contributed by atoms with van der Waals surface area (Å²) in [6, 6.07) is 10.5. The van der Waals surface area contributed by atoms with Crippen molar-refractivity contribution in [3.63, 3.8) is 0 Å². The van der Waals surface area contributed by atoms with Crippen LogP contribution in [-0.4, -0.2) is 29.3 Å². The van der Waals surface area contributed by atoms with Gasteiger partial charge in [0.25, 0.3) is 0 Å². The summed E-state index contributed by atoms with van der Waals surface area (Å²) in [6.07, 6.45) is 3.78. The Morgan fingerprint density at radius 1 is 1.10 bits per heavy atom. The maximum absolute atomic E-state index is 6.19. The van der Waals surface area contributed by atoms with Crippen molar-refractivity contribution in [2.45, 2.75) is 52.6 Å². The van der Waals surface area contributed by atoms with Crippen LogP contribution in [0.2, 0.25) is 5.28 Å². The van der Waals surface area contributed by atoms with E-state index in [9.17, 15) is 0 Å². The topological polar surface area (TPSA) is 73.5 Å². The fraction of sp³-hybridized carbons (Fsp3) is 0.364. The van der Waals surface area contributed by atoms with Crippen LogP contribution in [0.15, 0.2) is 42.9 Å². The number of hydrogen-bond acceptors (Lipinski definition) is 5. The molecule has 8 heteroatoms. The van der Waals surface area contributed by atoms with Crippen molar-refractivity contribution in [3.05, 3.63) is 59.4 Å². The summed E-state index contributed by atoms with van der Waals surface area (Å²) in [7, 11) is 0. The molecule has 0 bridgehead atoms. The highest BCUT2D eigenvalue weighted by atomic mass is 35.5. The number of nitrogens with zero attached hydrogens (tertiary/aromatic N) is 6. The average Bonchev–Trinajstić information content (AvgIpc) is 3.33. The zero-order chi connectivity index (χ0) is 21.5. The molecule has 0 saturated heterocycles. The van der Waals surface area contributed by atoms with Gasteiger partial charge in [0.05, 0.1) is 17.7 Å². The minimum atomic E-state index is -0.00298. The summed E-state index contributed by atoms with van der Waals surface area (Å²) in [5.41, 5.74) is 4.59. The third kappa shape index (κ3) is 3.89. The van der Waals surface area contributed by atoms with E-state index >= 15 is 0 Å². The van der Waals surface area contributed by atoms with Crippen LogP contribution in [0, 0.1) is 0 Å². The minimum Gasteiger partial charge on any atom is -0.364 e. The molecule has 30 heavy (non-hydrogen) atoms. The summed E-state index contributed by atoms with van der Waals surface area (Å²) in [5, 5.41) is 8.37. The Hall–Kier alpha value is -2.93. The summed E-state index contributed by atoms with van der Waals surface area (Å²) in [6.45, 7) is 11.2. The molecule has 0 aliphatic heterocycles. The zero-order valence-electron chi connectivity index (χ0n) is 17.9. The lowest BCUT2D eigenvalue weighted by atomic mass is 9.93. The smallest absolute Gasteiger partial charge is 0.226 e. The van der Waals surface area contributed by atoms with Crippen LogP contribution in [0.25, 0.3) is 16.9 Å². The van der Waals surface area contributed by atoms with E-state index < -0.39 is 0 Å². The lowest BCUT2D eigenvalue weighted by molar-refractivity contribution is 0.560. The van der Waals surface area contributed by atoms with Crippen molar-refractivity contribution in [1.29, 1.82) is 0 Å². The lowest BCUT2D eigenvalue weighted by Crippen LogP contribution is -2.13. The van der Waals surface area contributed by atoms with Gasteiger partial charge in [-0.3, -0.25) is 0 Å². The molecule has 7 nitrogen and oxygen atoms in total. The first-order valence-corrected chi connectivity index (χ1v) is 10.4. The Bertz CT molecular complexity index is 1180. The zero-order valence-corrected chi connectivity index (χ0v) is 18.6. The van der Waals surface area contributed by atoms with E-state index in [1.165, 1.54) is 0 Å². The molecular formula is C22H26ClN7. The second-order valence-corrected chi connectivity index (χ2v) is 8.97. The van der Waals surface area contributed by atoms with Gasteiger partial charge in [-0.15, -0.1) is 0 Å². The van der Waals surface area contributed by atoms with Crippen LogP contribution in [0.3, 0.4) is 0 Å². The molecule has 0 unspecified atom stereocenters. The number of hydrogen-bond donors (Lipinski definition) is 1. The van der Waals surface area contributed by atoms with Crippen molar-refractivity contribution < 1.29 is 0 Å². The fourth-order valence-electron chi connectivity index (χ4n) is 3.31. The molecule has 0 spiro atoms. The molecule has 0 radical (unpaired) electrons. The molecule has 4 rings (SSSR count). The molecule has 0 aliphatic rings. The molecule has 3 aromatic heterocycles. The van der Waals surface area contributed by atoms with Gasteiger partial charge in [0, 0.05) is 24.2 Å². The monoisotopic (exact) mass is 423 g/mol. The molecule has 0 aliphatic carbocycles. The number of fused-ring (bicyclic) bond motifs is 1. The summed E-state index contributed by atoms with van der Waals surface area (Å²) in [4.78, 5) is 13.2. The molecule has 4 aromatic rings. The van der Waals surface area contributed by atoms with Gasteiger partial charge in [-0.2, -0.15) is 15.1 Å². The number of rotatable bonds is 5. The third-order valence-corrected chi connectivity index (χ3v) is 5.16. The van der Waals surface area contributed by atoms with Crippen LogP contribution in [0.5, 0.6) is 0 Å². The maximum atomic E-state index is 6.19. The van der Waals surface area contributed by atoms with Crippen LogP contribution in [0.1, 0.15) is 51.9 Å². The Labute approximate surface area is 181 Å². The summed E-state index contributed by atoms with van der Waals surface area (Å²) >= 11 is 6.19. The van der Waals surface area contributed by atoms with Gasteiger partial charge in [0.15, 0.2) is 17.0 Å². The predicted molar refractivity (Wildman–Crippen MR) is 120 cm³/mol. The first-order chi connectivity index (χ1) is 14.2. The van der Waals surface area contributed by atoms with E-state index in [-0.39, 0.29) is 16.7 Å². The molecule has 0 atom stereocenters. The van der Waals surface area contributed by atoms with E-state index in [1.54, 1.807) is 6.33 Å². The molecule has 156 valence electrons. The second-order valence-electron chi connectivity index (χ2n) is 8.64. The summed E-state index contributed by atoms with van der Waals surface area (Å²) < 4.78 is 3.91. The van der Waals surface area contributed by atoms with Gasteiger partial charge in [0.1, 0.15) is 0 Å². The van der Waals surface area contributed by atoms with E-state index in [0.29, 0.717) is 17.9 Å². The van der Waals surface area contributed by atoms with E-state index in [4.69, 9.17) is 16.7 Å². The third-order valence-electron chi connectivity index (χ3n) is 4.99. The fourth-order valence-corrected chi connectivity index (χ4v) is 3.48. The average molecular weight is 424 g/mol. The number of benzene rings is 1. The Morgan fingerprint density at radius 2 is 1.87 bits per heavy atom. The van der Waals surface area contributed by atoms with Crippen LogP contribution < -0.4 is 5.32 Å². The first-order valence-electron chi connectivity index (χ1n) is 10.0.